The lowest BCUT2D eigenvalue weighted by atomic mass is 9.96. The van der Waals surface area contributed by atoms with Gasteiger partial charge in [-0.2, -0.15) is 0 Å². The van der Waals surface area contributed by atoms with Gasteiger partial charge in [0.2, 0.25) is 0 Å². The highest BCUT2D eigenvalue weighted by Gasteiger charge is 2.31. The van der Waals surface area contributed by atoms with E-state index in [2.05, 4.69) is 29.5 Å². The van der Waals surface area contributed by atoms with Crippen molar-refractivity contribution in [1.82, 2.24) is 15.1 Å². The van der Waals surface area contributed by atoms with Crippen molar-refractivity contribution in [2.45, 2.75) is 109 Å². The van der Waals surface area contributed by atoms with Gasteiger partial charge in [-0.3, -0.25) is 4.79 Å². The molecule has 4 atom stereocenters. The maximum absolute atomic E-state index is 14.3. The summed E-state index contributed by atoms with van der Waals surface area (Å²) in [4.78, 5) is 31.2. The van der Waals surface area contributed by atoms with E-state index in [0.29, 0.717) is 30.2 Å². The minimum Gasteiger partial charge on any atom is -0.490 e. The number of hydrogen-bond donors (Lipinski definition) is 3. The summed E-state index contributed by atoms with van der Waals surface area (Å²) in [5, 5.41) is 16.2. The van der Waals surface area contributed by atoms with Gasteiger partial charge in [0.25, 0.3) is 5.91 Å². The standard InChI is InChI=1S/C33H54N4O5/c1-23-19-37(24(2)22-38)32(39)29-18-28(35-33(40)34-27-11-6-5-7-12-27)15-16-30(29)42-25(3)10-8-9-17-41-31(23)21-36(4)20-26-13-14-26/h15-16,18,23-27,31,38H,5-14,17,19-22H2,1-4H3,(H2,34,35,40)/t23-,24+,25-,31-/m1/s1. The fourth-order valence-corrected chi connectivity index (χ4v) is 6.19. The van der Waals surface area contributed by atoms with Crippen molar-refractivity contribution < 1.29 is 24.2 Å². The minimum atomic E-state index is -0.394. The summed E-state index contributed by atoms with van der Waals surface area (Å²) in [5.74, 6) is 1.13. The first kappa shape index (κ1) is 32.6. The fraction of sp³-hybridized carbons (Fsp3) is 0.758. The summed E-state index contributed by atoms with van der Waals surface area (Å²) in [6, 6.07) is 4.83. The zero-order valence-corrected chi connectivity index (χ0v) is 26.3. The Kier molecular flexibility index (Phi) is 12.3. The van der Waals surface area contributed by atoms with E-state index >= 15 is 0 Å². The molecule has 2 aliphatic carbocycles. The van der Waals surface area contributed by atoms with Gasteiger partial charge in [0.1, 0.15) is 5.75 Å². The Hall–Kier alpha value is -2.36. The molecule has 0 bridgehead atoms. The number of fused-ring (bicyclic) bond motifs is 1. The van der Waals surface area contributed by atoms with E-state index in [0.717, 1.165) is 64.0 Å². The van der Waals surface area contributed by atoms with Crippen molar-refractivity contribution >= 4 is 17.6 Å². The van der Waals surface area contributed by atoms with Crippen molar-refractivity contribution in [3.05, 3.63) is 23.8 Å². The molecule has 0 saturated heterocycles. The van der Waals surface area contributed by atoms with Crippen molar-refractivity contribution in [1.29, 1.82) is 0 Å². The number of benzene rings is 1. The molecule has 4 rings (SSSR count). The van der Waals surface area contributed by atoms with Gasteiger partial charge < -0.3 is 35.0 Å². The van der Waals surface area contributed by atoms with E-state index in [1.807, 2.05) is 13.8 Å². The van der Waals surface area contributed by atoms with Crippen LogP contribution >= 0.6 is 0 Å². The summed E-state index contributed by atoms with van der Waals surface area (Å²) in [7, 11) is 2.16. The van der Waals surface area contributed by atoms with Gasteiger partial charge in [0.15, 0.2) is 0 Å². The Labute approximate surface area is 252 Å². The smallest absolute Gasteiger partial charge is 0.319 e. The number of likely N-dealkylation sites (N-methyl/N-ethyl adjacent to an activating group) is 1. The molecule has 0 radical (unpaired) electrons. The highest BCUT2D eigenvalue weighted by atomic mass is 16.5. The summed E-state index contributed by atoms with van der Waals surface area (Å²) in [6.45, 7) is 8.89. The number of amides is 3. The van der Waals surface area contributed by atoms with E-state index < -0.39 is 6.04 Å². The van der Waals surface area contributed by atoms with Crippen LogP contribution in [0.2, 0.25) is 0 Å². The molecule has 3 amide bonds. The highest BCUT2D eigenvalue weighted by Crippen LogP contribution is 2.31. The molecule has 1 heterocycles. The number of hydrogen-bond acceptors (Lipinski definition) is 6. The number of rotatable bonds is 8. The van der Waals surface area contributed by atoms with Crippen LogP contribution in [0.1, 0.15) is 95.3 Å². The third-order valence-corrected chi connectivity index (χ3v) is 9.01. The Bertz CT molecular complexity index is 1010. The van der Waals surface area contributed by atoms with Gasteiger partial charge in [0, 0.05) is 43.9 Å². The molecular formula is C33H54N4O5. The number of anilines is 1. The molecule has 1 aromatic rings. The lowest BCUT2D eigenvalue weighted by molar-refractivity contribution is -0.0172. The zero-order valence-electron chi connectivity index (χ0n) is 26.3. The Morgan fingerprint density at radius 2 is 1.81 bits per heavy atom. The minimum absolute atomic E-state index is 0.0255. The fourth-order valence-electron chi connectivity index (χ4n) is 6.19. The normalized spacial score (nSPS) is 25.7. The molecule has 42 heavy (non-hydrogen) atoms. The molecule has 9 nitrogen and oxygen atoms in total. The van der Waals surface area contributed by atoms with E-state index in [4.69, 9.17) is 9.47 Å². The Morgan fingerprint density at radius 3 is 2.52 bits per heavy atom. The largest absolute Gasteiger partial charge is 0.490 e. The maximum Gasteiger partial charge on any atom is 0.319 e. The zero-order chi connectivity index (χ0) is 30.1. The van der Waals surface area contributed by atoms with Gasteiger partial charge >= 0.3 is 6.03 Å². The second kappa shape index (κ2) is 15.9. The lowest BCUT2D eigenvalue weighted by Crippen LogP contribution is -2.47. The number of ether oxygens (including phenoxy) is 2. The molecule has 1 aliphatic heterocycles. The number of urea groups is 1. The van der Waals surface area contributed by atoms with Crippen LogP contribution in [0.3, 0.4) is 0 Å². The van der Waals surface area contributed by atoms with Gasteiger partial charge in [0.05, 0.1) is 30.4 Å². The summed E-state index contributed by atoms with van der Waals surface area (Å²) < 4.78 is 12.8. The SMILES string of the molecule is C[C@@H]1CCCCO[C@H](CN(C)CC2CC2)[C@H](C)CN([C@@H](C)CO)C(=O)c2cc(NC(=O)NC3CCCCC3)ccc2O1. The molecule has 3 aliphatic rings. The Morgan fingerprint density at radius 1 is 1.07 bits per heavy atom. The summed E-state index contributed by atoms with van der Waals surface area (Å²) >= 11 is 0. The first-order valence-electron chi connectivity index (χ1n) is 16.3. The van der Waals surface area contributed by atoms with Crippen molar-refractivity contribution in [3.63, 3.8) is 0 Å². The lowest BCUT2D eigenvalue weighted by Gasteiger charge is -2.36. The van der Waals surface area contributed by atoms with E-state index in [-0.39, 0.29) is 42.7 Å². The molecule has 0 aromatic heterocycles. The first-order valence-corrected chi connectivity index (χ1v) is 16.3. The third-order valence-electron chi connectivity index (χ3n) is 9.01. The average molecular weight is 587 g/mol. The molecule has 3 N–H and O–H groups in total. The predicted octanol–water partition coefficient (Wildman–Crippen LogP) is 5.28. The van der Waals surface area contributed by atoms with Gasteiger partial charge in [-0.25, -0.2) is 4.79 Å². The van der Waals surface area contributed by atoms with Crippen molar-refractivity contribution in [2.75, 3.05) is 45.2 Å². The number of carbonyl (C=O) groups is 2. The predicted molar refractivity (Wildman–Crippen MR) is 166 cm³/mol. The molecule has 1 aromatic carbocycles. The van der Waals surface area contributed by atoms with Gasteiger partial charge in [-0.15, -0.1) is 0 Å². The van der Waals surface area contributed by atoms with Gasteiger partial charge in [-0.05, 0) is 90.0 Å². The van der Waals surface area contributed by atoms with Crippen LogP contribution < -0.4 is 15.4 Å². The van der Waals surface area contributed by atoms with Crippen LogP contribution in [0.15, 0.2) is 18.2 Å². The van der Waals surface area contributed by atoms with Gasteiger partial charge in [-0.1, -0.05) is 26.2 Å². The topological polar surface area (TPSA) is 103 Å². The van der Waals surface area contributed by atoms with Crippen LogP contribution in [0, 0.1) is 11.8 Å². The molecule has 0 unspecified atom stereocenters. The molecule has 2 fully saturated rings. The summed E-state index contributed by atoms with van der Waals surface area (Å²) in [5.41, 5.74) is 0.936. The molecule has 9 heteroatoms. The van der Waals surface area contributed by atoms with Crippen LogP contribution in [0.5, 0.6) is 5.75 Å². The van der Waals surface area contributed by atoms with Crippen LogP contribution in [-0.4, -0.2) is 91.0 Å². The number of aliphatic hydroxyl groups excluding tert-OH is 1. The van der Waals surface area contributed by atoms with Crippen molar-refractivity contribution in [2.24, 2.45) is 11.8 Å². The van der Waals surface area contributed by atoms with Crippen LogP contribution in [0.4, 0.5) is 10.5 Å². The van der Waals surface area contributed by atoms with Crippen LogP contribution in [-0.2, 0) is 4.74 Å². The number of carbonyl (C=O) groups excluding carboxylic acids is 2. The average Bonchev–Trinajstić information content (AvgIpc) is 3.79. The molecule has 0 spiro atoms. The number of nitrogens with one attached hydrogen (secondary N) is 2. The third kappa shape index (κ3) is 9.85. The van der Waals surface area contributed by atoms with Crippen LogP contribution in [0.25, 0.3) is 0 Å². The maximum atomic E-state index is 14.3. The molecule has 2 saturated carbocycles. The van der Waals surface area contributed by atoms with E-state index in [9.17, 15) is 14.7 Å². The van der Waals surface area contributed by atoms with E-state index in [1.165, 1.54) is 19.3 Å². The monoisotopic (exact) mass is 586 g/mol. The van der Waals surface area contributed by atoms with Crippen molar-refractivity contribution in [3.8, 4) is 5.75 Å². The first-order chi connectivity index (χ1) is 20.2. The second-order valence-electron chi connectivity index (χ2n) is 13.1. The number of nitrogens with zero attached hydrogens (tertiary/aromatic N) is 2. The quantitative estimate of drug-likeness (QED) is 0.383. The Balaban J connectivity index is 1.56. The molecule has 236 valence electrons. The molecular weight excluding hydrogens is 532 g/mol. The summed E-state index contributed by atoms with van der Waals surface area (Å²) in [6.07, 6.45) is 10.7. The highest BCUT2D eigenvalue weighted by molar-refractivity contribution is 5.99. The number of aliphatic hydroxyl groups is 1. The second-order valence-corrected chi connectivity index (χ2v) is 13.1. The van der Waals surface area contributed by atoms with E-state index in [1.54, 1.807) is 23.1 Å².